The van der Waals surface area contributed by atoms with Crippen LogP contribution in [0.2, 0.25) is 0 Å². The Morgan fingerprint density at radius 2 is 0.879 bits per heavy atom. The average Bonchev–Trinajstić information content (AvgIpc) is 0.672. The Balaban J connectivity index is 0.715. The minimum atomic E-state index is -2.32. The Labute approximate surface area is 712 Å². The molecule has 14 rings (SSSR count). The van der Waals surface area contributed by atoms with Crippen molar-refractivity contribution < 1.29 is 217 Å². The highest BCUT2D eigenvalue weighted by molar-refractivity contribution is 5.79. The zero-order valence-electron chi connectivity index (χ0n) is 69.8. The lowest BCUT2D eigenvalue weighted by atomic mass is 9.33. The molecule has 710 valence electrons. The van der Waals surface area contributed by atoms with Crippen LogP contribution < -0.4 is 0 Å². The summed E-state index contributed by atoms with van der Waals surface area (Å²) in [7, 11) is 0. The number of rotatable bonds is 22. The topological polar surface area (TPSA) is 683 Å². The fourth-order valence-corrected chi connectivity index (χ4v) is 22.5. The van der Waals surface area contributed by atoms with Crippen LogP contribution in [-0.4, -0.2) is 433 Å². The van der Waals surface area contributed by atoms with Crippen molar-refractivity contribution in [3.8, 4) is 0 Å². The van der Waals surface area contributed by atoms with Gasteiger partial charge in [0.25, 0.3) is 0 Å². The molecule has 0 aromatic carbocycles. The predicted molar refractivity (Wildman–Crippen MR) is 400 cm³/mol. The first-order chi connectivity index (χ1) is 58.3. The van der Waals surface area contributed by atoms with Gasteiger partial charge in [0.15, 0.2) is 62.5 Å². The number of carbonyl (C=O) groups is 3. The van der Waals surface area contributed by atoms with E-state index in [1.807, 2.05) is 0 Å². The molecule has 13 fully saturated rings. The molecule has 4 saturated carbocycles. The van der Waals surface area contributed by atoms with Crippen LogP contribution in [-0.2, 0) is 99.6 Å². The van der Waals surface area contributed by atoms with E-state index in [1.165, 1.54) is 13.8 Å². The standard InChI is InChI=1S/C80H126O44/c1-27-40(88)58(118-65-48(96)41(89)31(84)22-107-65)54(102)70(111-27)116-56-28(2)112-73(61(53(56)101)121-72-60(44(92)34(87)25-110-72)120-67-50(98)43(91)33(86)24-109-67)124-74(106)80-17-15-75(3,4)19-30(80)29-9-10-38-76(5)13-12-39(77(6,26-83)37(76)11-14-79(38,8)78(29,7)16-18-80)115-71-55(103)59(119-66-49(97)42(90)32(85)23-108-66)62(63(123-71)64(104)105)122-69-52(100)47(95)57(36(21-82)114-69)117-68-51(99)46(94)45(93)35(20-81)113-68/h9,26-28,30-63,65-73,81-82,84-103H,10-25H2,1-8H3,(H,104,105)/t27-,28-,30+,31+,32+,33-,34-,35-,36+,37+,38+,39+,40-,41+,42+,43-,44-,45-,46+,47+,48+,49+,50-,51-,52+,53+,54+,55-,56+,57-,58+,59-,60-,61-,62-,63-,65+,66+,67-,68-,69+,70-,71+,72-,73+,76-,77+,78+,79-,80-/m1/s1. The molecule has 5 aliphatic carbocycles. The molecule has 0 spiro atoms. The molecule has 14 aliphatic rings. The number of fused-ring (bicyclic) bond motifs is 7. The van der Waals surface area contributed by atoms with E-state index in [1.54, 1.807) is 6.92 Å². The number of carboxylic acids is 1. The van der Waals surface area contributed by atoms with Crippen molar-refractivity contribution >= 4 is 18.2 Å². The van der Waals surface area contributed by atoms with Gasteiger partial charge in [0.1, 0.15) is 177 Å². The second kappa shape index (κ2) is 37.3. The largest absolute Gasteiger partial charge is 0.479 e. The van der Waals surface area contributed by atoms with Crippen molar-refractivity contribution in [1.29, 1.82) is 0 Å². The molecule has 0 aromatic heterocycles. The number of carboxylic acid groups (broad SMARTS) is 1. The van der Waals surface area contributed by atoms with Crippen molar-refractivity contribution in [2.45, 2.75) is 378 Å². The van der Waals surface area contributed by atoms with E-state index in [0.29, 0.717) is 51.4 Å². The van der Waals surface area contributed by atoms with Crippen LogP contribution in [0, 0.1) is 50.2 Å². The van der Waals surface area contributed by atoms with Crippen LogP contribution in [0.1, 0.15) is 120 Å². The van der Waals surface area contributed by atoms with Gasteiger partial charge in [-0.15, -0.1) is 0 Å². The predicted octanol–water partition coefficient (Wildman–Crippen LogP) is -9.03. The Hall–Kier alpha value is -3.21. The number of allylic oxidation sites excluding steroid dienone is 2. The fourth-order valence-electron chi connectivity index (χ4n) is 22.5. The molecule has 50 atom stereocenters. The molecule has 44 heteroatoms. The number of carbonyl (C=O) groups excluding carboxylic acids is 2. The molecule has 44 nitrogen and oxygen atoms in total. The summed E-state index contributed by atoms with van der Waals surface area (Å²) in [6.07, 6.45) is -70.9. The van der Waals surface area contributed by atoms with E-state index in [9.17, 15) is 127 Å². The summed E-state index contributed by atoms with van der Waals surface area (Å²) in [6.45, 7) is 11.0. The number of aliphatic hydroxyl groups is 22. The van der Waals surface area contributed by atoms with Gasteiger partial charge in [-0.05, 0) is 117 Å². The molecule has 0 amide bonds. The van der Waals surface area contributed by atoms with Gasteiger partial charge < -0.3 is 208 Å². The normalized spacial score (nSPS) is 54.8. The molecule has 9 aliphatic heterocycles. The van der Waals surface area contributed by atoms with E-state index in [-0.39, 0.29) is 24.2 Å². The number of aliphatic hydroxyl groups excluding tert-OH is 22. The number of esters is 1. The van der Waals surface area contributed by atoms with Crippen LogP contribution >= 0.6 is 0 Å². The van der Waals surface area contributed by atoms with E-state index < -0.39 is 349 Å². The van der Waals surface area contributed by atoms with Crippen molar-refractivity contribution in [2.24, 2.45) is 50.2 Å². The lowest BCUT2D eigenvalue weighted by Crippen LogP contribution is -2.69. The van der Waals surface area contributed by atoms with Crippen LogP contribution in [0.25, 0.3) is 0 Å². The number of ether oxygens (including phenoxy) is 18. The minimum Gasteiger partial charge on any atom is -0.479 e. The van der Waals surface area contributed by atoms with E-state index >= 15 is 4.79 Å². The van der Waals surface area contributed by atoms with Gasteiger partial charge in [-0.25, -0.2) is 4.79 Å². The van der Waals surface area contributed by atoms with Gasteiger partial charge in [-0.3, -0.25) is 4.79 Å². The van der Waals surface area contributed by atoms with Gasteiger partial charge in [0, 0.05) is 0 Å². The molecular weight excluding hydrogens is 1660 g/mol. The van der Waals surface area contributed by atoms with Crippen LogP contribution in [0.3, 0.4) is 0 Å². The minimum absolute atomic E-state index is 0.0913. The zero-order chi connectivity index (χ0) is 90.2. The highest BCUT2D eigenvalue weighted by atomic mass is 16.8. The first kappa shape index (κ1) is 96.8. The zero-order valence-corrected chi connectivity index (χ0v) is 69.8. The second-order valence-electron chi connectivity index (χ2n) is 38.2. The Morgan fingerprint density at radius 1 is 0.411 bits per heavy atom. The van der Waals surface area contributed by atoms with E-state index in [4.69, 9.17) is 85.3 Å². The number of hydrogen-bond acceptors (Lipinski definition) is 43. The van der Waals surface area contributed by atoms with Gasteiger partial charge >= 0.3 is 11.9 Å². The van der Waals surface area contributed by atoms with Crippen molar-refractivity contribution in [2.75, 3.05) is 39.6 Å². The van der Waals surface area contributed by atoms with Gasteiger partial charge in [-0.2, -0.15) is 0 Å². The summed E-state index contributed by atoms with van der Waals surface area (Å²) in [5.74, 6) is -3.76. The Kier molecular flexibility index (Phi) is 29.2. The molecule has 0 radical (unpaired) electrons. The Bertz CT molecular complexity index is 3660. The number of aliphatic carboxylic acids is 1. The molecule has 23 N–H and O–H groups in total. The fraction of sp³-hybridized carbons (Fsp3) is 0.938. The SMILES string of the molecule is C[C@H]1O[C@H](O[C@@H]2[C@H](O)[C@@H](O[C@H]3OC[C@@H](O)[C@@H](O)[C@H]3O[C@H]3OC[C@@H](O)[C@@H](O)[C@H]3O)[C@H](OC(=O)[C@@]34CCC(C)(C)C[C@H]3C3=CC[C@H]5[C@]6(C)CC[C@H](O[C@H]7O[C@@H](C(=O)O)[C@H](O[C@@H]8O[C@@H](CO)[C@@H](O[C@H]9O[C@H](CO)[C@@H](O)[C@H](O)[C@H]9O)[C@@H](O)[C@@H]8O)[C@H](O[C@@H]8OC[C@H](O)[C@H](O)[C@@H]8O)[C@H]7O)[C@@](C)(C=O)[C@H]6CC[C@@]5(C)[C@@]3(C)CC4)O[C@@H]2C)[C@@H](O)[C@@H](O[C@@H]2OC[C@H](O)[C@H](O)[C@@H]2O)[C@@H]1O. The van der Waals surface area contributed by atoms with Crippen LogP contribution in [0.4, 0.5) is 0 Å². The highest BCUT2D eigenvalue weighted by Gasteiger charge is 2.72. The average molecular weight is 1790 g/mol. The maximum absolute atomic E-state index is 16.2. The Morgan fingerprint density at radius 3 is 1.46 bits per heavy atom. The van der Waals surface area contributed by atoms with Gasteiger partial charge in [-0.1, -0.05) is 53.2 Å². The first-order valence-electron chi connectivity index (χ1n) is 42.8. The van der Waals surface area contributed by atoms with Crippen LogP contribution in [0.5, 0.6) is 0 Å². The van der Waals surface area contributed by atoms with E-state index in [2.05, 4.69) is 40.7 Å². The lowest BCUT2D eigenvalue weighted by Gasteiger charge is -2.71. The summed E-state index contributed by atoms with van der Waals surface area (Å²) in [5.41, 5.74) is -4.06. The lowest BCUT2D eigenvalue weighted by molar-refractivity contribution is -0.392. The highest BCUT2D eigenvalue weighted by Crippen LogP contribution is 2.76. The molecule has 9 saturated heterocycles. The van der Waals surface area contributed by atoms with Gasteiger partial charge in [0.05, 0.1) is 68.8 Å². The van der Waals surface area contributed by atoms with Crippen LogP contribution in [0.15, 0.2) is 11.6 Å². The van der Waals surface area contributed by atoms with Crippen molar-refractivity contribution in [1.82, 2.24) is 0 Å². The summed E-state index contributed by atoms with van der Waals surface area (Å²) < 4.78 is 108. The molecular formula is C80H126O44. The summed E-state index contributed by atoms with van der Waals surface area (Å²) in [6, 6.07) is 0. The second-order valence-corrected chi connectivity index (χ2v) is 38.2. The maximum atomic E-state index is 16.2. The first-order valence-corrected chi connectivity index (χ1v) is 42.8. The van der Waals surface area contributed by atoms with Gasteiger partial charge in [0.2, 0.25) is 6.29 Å². The summed E-state index contributed by atoms with van der Waals surface area (Å²) in [5, 5.41) is 254. The quantitative estimate of drug-likeness (QED) is 0.0207. The van der Waals surface area contributed by atoms with Crippen molar-refractivity contribution in [3.05, 3.63) is 11.6 Å². The molecule has 0 aromatic rings. The summed E-state index contributed by atoms with van der Waals surface area (Å²) >= 11 is 0. The molecule has 124 heavy (non-hydrogen) atoms. The summed E-state index contributed by atoms with van der Waals surface area (Å²) in [4.78, 5) is 44.2. The maximum Gasteiger partial charge on any atom is 0.335 e. The van der Waals surface area contributed by atoms with E-state index in [0.717, 1.165) is 11.9 Å². The number of hydrogen-bond donors (Lipinski definition) is 23. The monoisotopic (exact) mass is 1790 g/mol. The molecule has 0 unspecified atom stereocenters. The smallest absolute Gasteiger partial charge is 0.335 e. The third kappa shape index (κ3) is 17.3. The molecule has 9 heterocycles. The third-order valence-electron chi connectivity index (χ3n) is 30.3. The van der Waals surface area contributed by atoms with Crippen molar-refractivity contribution in [3.63, 3.8) is 0 Å². The third-order valence-corrected chi connectivity index (χ3v) is 30.3. The number of aldehydes is 1. The molecule has 0 bridgehead atoms.